The molecule has 188 valence electrons. The van der Waals surface area contributed by atoms with Gasteiger partial charge < -0.3 is 19.5 Å². The van der Waals surface area contributed by atoms with Gasteiger partial charge in [-0.05, 0) is 47.6 Å². The number of fused-ring (bicyclic) bond motifs is 3. The molecular formula is C25H36N8O2. The number of ether oxygens (including phenoxy) is 1. The number of aliphatic imine (C=N–C) groups is 1. The van der Waals surface area contributed by atoms with Crippen LogP contribution in [0.4, 0.5) is 0 Å². The largest absolute Gasteiger partial charge is 0.489 e. The summed E-state index contributed by atoms with van der Waals surface area (Å²) in [5, 5.41) is 11.1. The third kappa shape index (κ3) is 5.53. The quantitative estimate of drug-likeness (QED) is 0.516. The Balaban J connectivity index is 1.63. The summed E-state index contributed by atoms with van der Waals surface area (Å²) in [4.78, 5) is 31.2. The molecular weight excluding hydrogens is 444 g/mol. The van der Waals surface area contributed by atoms with E-state index < -0.39 is 0 Å². The highest BCUT2D eigenvalue weighted by molar-refractivity contribution is 6.04. The molecule has 2 aliphatic rings. The number of nitrogens with one attached hydrogen (secondary N) is 2. The minimum atomic E-state index is -0.0768. The Morgan fingerprint density at radius 3 is 2.51 bits per heavy atom. The van der Waals surface area contributed by atoms with Crippen LogP contribution in [-0.4, -0.2) is 86.3 Å². The highest BCUT2D eigenvalue weighted by atomic mass is 16.5. The summed E-state index contributed by atoms with van der Waals surface area (Å²) in [7, 11) is 0. The van der Waals surface area contributed by atoms with E-state index in [9.17, 15) is 4.79 Å². The van der Waals surface area contributed by atoms with Gasteiger partial charge in [-0.25, -0.2) is 15.0 Å². The molecule has 2 aliphatic heterocycles. The number of carbonyl (C=O) groups excluding carboxylic acids is 1. The third-order valence-electron chi connectivity index (χ3n) is 6.16. The number of aromatic nitrogens is 3. The van der Waals surface area contributed by atoms with Gasteiger partial charge in [-0.3, -0.25) is 15.1 Å². The summed E-state index contributed by atoms with van der Waals surface area (Å²) in [6.45, 7) is 16.4. The van der Waals surface area contributed by atoms with Crippen LogP contribution >= 0.6 is 0 Å². The molecule has 0 atom stereocenters. The van der Waals surface area contributed by atoms with Gasteiger partial charge in [0.25, 0.3) is 5.91 Å². The van der Waals surface area contributed by atoms with Gasteiger partial charge in [0, 0.05) is 44.0 Å². The van der Waals surface area contributed by atoms with Gasteiger partial charge in [-0.2, -0.15) is 0 Å². The number of imidazole rings is 1. The molecule has 4 heterocycles. The van der Waals surface area contributed by atoms with Crippen LogP contribution in [0.15, 0.2) is 23.5 Å². The van der Waals surface area contributed by atoms with Crippen molar-refractivity contribution in [1.82, 2.24) is 29.7 Å². The summed E-state index contributed by atoms with van der Waals surface area (Å²) in [6, 6.07) is 1.92. The molecule has 0 unspecified atom stereocenters. The van der Waals surface area contributed by atoms with Crippen molar-refractivity contribution in [2.24, 2.45) is 4.99 Å². The number of rotatable bonds is 3. The van der Waals surface area contributed by atoms with Crippen LogP contribution < -0.4 is 10.1 Å². The van der Waals surface area contributed by atoms with Crippen molar-refractivity contribution in [1.29, 1.82) is 5.41 Å². The fraction of sp³-hybridized carbons (Fsp3) is 0.560. The first-order chi connectivity index (χ1) is 16.5. The lowest BCUT2D eigenvalue weighted by atomic mass is 10.0. The lowest BCUT2D eigenvalue weighted by Gasteiger charge is -2.42. The molecule has 1 amide bonds. The van der Waals surface area contributed by atoms with Gasteiger partial charge in [-0.15, -0.1) is 0 Å². The summed E-state index contributed by atoms with van der Waals surface area (Å²) in [6.07, 6.45) is 3.54. The highest BCUT2D eigenvalue weighted by Crippen LogP contribution is 2.32. The zero-order valence-electron chi connectivity index (χ0n) is 21.6. The summed E-state index contributed by atoms with van der Waals surface area (Å²) in [5.41, 5.74) is 1.86. The van der Waals surface area contributed by atoms with Crippen LogP contribution in [0.3, 0.4) is 0 Å². The second-order valence-electron chi connectivity index (χ2n) is 10.4. The number of piperazine rings is 1. The number of hydrogen-bond acceptors (Lipinski definition) is 6. The van der Waals surface area contributed by atoms with Gasteiger partial charge in [0.05, 0.1) is 18.3 Å². The second kappa shape index (κ2) is 9.77. The average molecular weight is 481 g/mol. The van der Waals surface area contributed by atoms with Gasteiger partial charge in [0.2, 0.25) is 0 Å². The fourth-order valence-electron chi connectivity index (χ4n) is 4.37. The Hall–Kier alpha value is -3.27. The van der Waals surface area contributed by atoms with Crippen molar-refractivity contribution in [2.75, 3.05) is 32.8 Å². The Kier molecular flexibility index (Phi) is 6.93. The van der Waals surface area contributed by atoms with Gasteiger partial charge in [0.1, 0.15) is 35.4 Å². The third-order valence-corrected chi connectivity index (χ3v) is 6.16. The van der Waals surface area contributed by atoms with Gasteiger partial charge >= 0.3 is 0 Å². The molecule has 0 bridgehead atoms. The van der Waals surface area contributed by atoms with E-state index in [2.05, 4.69) is 41.0 Å². The maximum atomic E-state index is 13.3. The van der Waals surface area contributed by atoms with Crippen molar-refractivity contribution in [3.63, 3.8) is 0 Å². The Morgan fingerprint density at radius 2 is 1.89 bits per heavy atom. The van der Waals surface area contributed by atoms with E-state index in [0.717, 1.165) is 18.7 Å². The topological polar surface area (TPSA) is 112 Å². The minimum Gasteiger partial charge on any atom is -0.489 e. The van der Waals surface area contributed by atoms with Crippen LogP contribution in [0.2, 0.25) is 0 Å². The van der Waals surface area contributed by atoms with E-state index in [0.29, 0.717) is 55.0 Å². The van der Waals surface area contributed by atoms with Crippen molar-refractivity contribution in [2.45, 2.75) is 59.7 Å². The van der Waals surface area contributed by atoms with Crippen LogP contribution in [0, 0.1) is 5.41 Å². The van der Waals surface area contributed by atoms with E-state index in [4.69, 9.17) is 15.1 Å². The maximum Gasteiger partial charge on any atom is 0.272 e. The van der Waals surface area contributed by atoms with E-state index in [1.165, 1.54) is 0 Å². The molecule has 2 aromatic rings. The first-order valence-corrected chi connectivity index (χ1v) is 12.2. The van der Waals surface area contributed by atoms with Crippen LogP contribution in [0.1, 0.15) is 57.7 Å². The predicted octanol–water partition coefficient (Wildman–Crippen LogP) is 2.64. The first kappa shape index (κ1) is 24.8. The van der Waals surface area contributed by atoms with E-state index in [-0.39, 0.29) is 23.3 Å². The van der Waals surface area contributed by atoms with Crippen molar-refractivity contribution in [3.8, 4) is 17.1 Å². The molecule has 0 aromatic carbocycles. The van der Waals surface area contributed by atoms with Gasteiger partial charge in [-0.1, -0.05) is 0 Å². The smallest absolute Gasteiger partial charge is 0.272 e. The standard InChI is InChI=1S/C25H36N8O2/c1-16(2)28-22(29-17(3)26)20-15-32-11-12-35-21-14-27-19(13-18(21)23(32)30-20)24(34)31-7-9-33(10-8-31)25(4,5)6/h13-16H,7-12H2,1-6H3,(H2,26,28,29). The Morgan fingerprint density at radius 1 is 1.17 bits per heavy atom. The molecule has 0 radical (unpaired) electrons. The minimum absolute atomic E-state index is 0.0768. The number of hydrogen-bond donors (Lipinski definition) is 2. The zero-order valence-corrected chi connectivity index (χ0v) is 21.6. The summed E-state index contributed by atoms with van der Waals surface area (Å²) < 4.78 is 7.92. The maximum absolute atomic E-state index is 13.3. The number of nitrogens with zero attached hydrogens (tertiary/aromatic N) is 6. The zero-order chi connectivity index (χ0) is 25.3. The average Bonchev–Trinajstić information content (AvgIpc) is 3.14. The fourth-order valence-corrected chi connectivity index (χ4v) is 4.37. The summed E-state index contributed by atoms with van der Waals surface area (Å²) >= 11 is 0. The van der Waals surface area contributed by atoms with E-state index in [1.54, 1.807) is 19.2 Å². The molecule has 2 N–H and O–H groups in total. The first-order valence-electron chi connectivity index (χ1n) is 12.2. The SMILES string of the molecule is CC(=N)/N=C(\NC(C)C)c1cn2c(n1)-c1cc(C(=O)N3CCN(C(C)(C)C)CC3)ncc1OCC2. The van der Waals surface area contributed by atoms with Crippen LogP contribution in [0.5, 0.6) is 5.75 Å². The lowest BCUT2D eigenvalue weighted by molar-refractivity contribution is 0.0447. The Labute approximate surface area is 206 Å². The van der Waals surface area contributed by atoms with Gasteiger partial charge in [0.15, 0.2) is 5.84 Å². The Bertz CT molecular complexity index is 1140. The second-order valence-corrected chi connectivity index (χ2v) is 10.4. The normalized spacial score (nSPS) is 16.9. The molecule has 4 rings (SSSR count). The molecule has 0 aliphatic carbocycles. The van der Waals surface area contributed by atoms with Crippen molar-refractivity contribution in [3.05, 3.63) is 29.8 Å². The molecule has 2 aromatic heterocycles. The molecule has 0 spiro atoms. The molecule has 10 nitrogen and oxygen atoms in total. The van der Waals surface area contributed by atoms with Crippen LogP contribution in [-0.2, 0) is 6.54 Å². The monoisotopic (exact) mass is 480 g/mol. The predicted molar refractivity (Wildman–Crippen MR) is 136 cm³/mol. The number of pyridine rings is 1. The highest BCUT2D eigenvalue weighted by Gasteiger charge is 2.30. The molecule has 0 saturated carbocycles. The van der Waals surface area contributed by atoms with E-state index in [1.807, 2.05) is 29.5 Å². The molecule has 1 saturated heterocycles. The number of carbonyl (C=O) groups is 1. The summed E-state index contributed by atoms with van der Waals surface area (Å²) in [5.74, 6) is 1.98. The van der Waals surface area contributed by atoms with E-state index >= 15 is 0 Å². The molecule has 1 fully saturated rings. The van der Waals surface area contributed by atoms with Crippen molar-refractivity contribution < 1.29 is 9.53 Å². The van der Waals surface area contributed by atoms with Crippen LogP contribution in [0.25, 0.3) is 11.4 Å². The number of amidine groups is 2. The molecule has 10 heteroatoms. The van der Waals surface area contributed by atoms with Crippen molar-refractivity contribution >= 4 is 17.6 Å². The molecule has 35 heavy (non-hydrogen) atoms. The lowest BCUT2D eigenvalue weighted by Crippen LogP contribution is -2.54. The number of amides is 1.